The molecule has 8 nitrogen and oxygen atoms in total. The van der Waals surface area contributed by atoms with Crippen molar-refractivity contribution in [2.45, 2.75) is 148 Å². The number of likely N-dealkylation sites (N-methyl/N-ethyl adjacent to an activating group) is 1. The van der Waals surface area contributed by atoms with Gasteiger partial charge in [-0.1, -0.05) is 112 Å². The van der Waals surface area contributed by atoms with Gasteiger partial charge in [-0.3, -0.25) is 9.59 Å². The molecule has 0 bridgehead atoms. The van der Waals surface area contributed by atoms with Gasteiger partial charge in [0.2, 0.25) is 0 Å². The fraction of sp³-hybridized carbons (Fsp3) is 0.659. The Morgan fingerprint density at radius 2 is 1.10 bits per heavy atom. The molecule has 0 aromatic rings. The van der Waals surface area contributed by atoms with Crippen LogP contribution < -0.4 is 5.11 Å². The molecule has 0 radical (unpaired) electrons. The van der Waals surface area contributed by atoms with E-state index in [0.717, 1.165) is 64.2 Å². The van der Waals surface area contributed by atoms with Crippen LogP contribution in [0.5, 0.6) is 0 Å². The summed E-state index contributed by atoms with van der Waals surface area (Å²) in [6.07, 6.45) is 42.3. The zero-order chi connectivity index (χ0) is 38.5. The van der Waals surface area contributed by atoms with E-state index in [2.05, 4.69) is 86.8 Å². The van der Waals surface area contributed by atoms with Gasteiger partial charge in [0.15, 0.2) is 6.10 Å². The van der Waals surface area contributed by atoms with Crippen molar-refractivity contribution in [1.82, 2.24) is 0 Å². The summed E-state index contributed by atoms with van der Waals surface area (Å²) in [5, 5.41) is 11.6. The average molecular weight is 728 g/mol. The van der Waals surface area contributed by atoms with Gasteiger partial charge >= 0.3 is 11.9 Å². The number of carboxylic acid groups (broad SMARTS) is 1. The Kier molecular flexibility index (Phi) is 32.7. The fourth-order valence-corrected chi connectivity index (χ4v) is 5.22. The number of nitrogens with zero attached hydrogens (tertiary/aromatic N) is 1. The molecule has 8 heteroatoms. The molecule has 0 aromatic heterocycles. The number of ether oxygens (including phenoxy) is 3. The van der Waals surface area contributed by atoms with Crippen LogP contribution in [0.2, 0.25) is 0 Å². The first-order valence-corrected chi connectivity index (χ1v) is 20.0. The standard InChI is InChI=1S/C44H73NO7/c1-6-8-10-12-14-16-17-18-19-20-21-22-23-24-25-27-29-31-33-35-43(47)52-40(38-50-37-36-41(44(48)49)45(3,4)5)39-51-42(46)34-32-30-28-26-15-13-11-9-7-2/h8,10,14,16,18-19,21-22,24-26,28,40-41H,6-7,9,11-13,15,17,20,23,27,29-39H2,1-5H3/b10-8+,16-14+,19-18+,22-21+,25-24+,28-26+. The minimum atomic E-state index is -1.14. The summed E-state index contributed by atoms with van der Waals surface area (Å²) < 4.78 is 17.0. The van der Waals surface area contributed by atoms with E-state index in [4.69, 9.17) is 14.2 Å². The predicted molar refractivity (Wildman–Crippen MR) is 212 cm³/mol. The quantitative estimate of drug-likeness (QED) is 0.0282. The van der Waals surface area contributed by atoms with Gasteiger partial charge in [-0.25, -0.2) is 0 Å². The lowest BCUT2D eigenvalue weighted by molar-refractivity contribution is -0.889. The molecule has 0 saturated carbocycles. The van der Waals surface area contributed by atoms with Crippen molar-refractivity contribution >= 4 is 17.9 Å². The Labute approximate surface area is 317 Å². The lowest BCUT2D eigenvalue weighted by atomic mass is 10.1. The maximum Gasteiger partial charge on any atom is 0.306 e. The Hall–Kier alpha value is -3.23. The SMILES string of the molecule is CC/C=C/C/C=C/C/C=C/C/C=C/C/C=C/CCCCCC(=O)OC(COCCC(C(=O)[O-])[N+](C)(C)C)COC(=O)CCC/C=C/CCCCCC. The Morgan fingerprint density at radius 1 is 0.596 bits per heavy atom. The van der Waals surface area contributed by atoms with E-state index < -0.39 is 18.1 Å². The van der Waals surface area contributed by atoms with E-state index in [1.807, 2.05) is 0 Å². The van der Waals surface area contributed by atoms with Crippen molar-refractivity contribution in [3.8, 4) is 0 Å². The number of carbonyl (C=O) groups excluding carboxylic acids is 3. The molecule has 0 N–H and O–H groups in total. The second-order valence-electron chi connectivity index (χ2n) is 14.1. The second-order valence-corrected chi connectivity index (χ2v) is 14.1. The first-order valence-electron chi connectivity index (χ1n) is 20.0. The first kappa shape index (κ1) is 48.8. The molecule has 0 saturated heterocycles. The maximum absolute atomic E-state index is 12.7. The average Bonchev–Trinajstić information content (AvgIpc) is 3.09. The summed E-state index contributed by atoms with van der Waals surface area (Å²) in [7, 11) is 5.37. The number of unbranched alkanes of at least 4 members (excludes halogenated alkanes) is 8. The lowest BCUT2D eigenvalue weighted by Crippen LogP contribution is -2.55. The summed E-state index contributed by atoms with van der Waals surface area (Å²) >= 11 is 0. The summed E-state index contributed by atoms with van der Waals surface area (Å²) in [4.78, 5) is 36.6. The molecule has 0 aromatic carbocycles. The molecule has 2 atom stereocenters. The number of rotatable bonds is 34. The number of hydrogen-bond acceptors (Lipinski definition) is 7. The molecular weight excluding hydrogens is 654 g/mol. The van der Waals surface area contributed by atoms with Crippen LogP contribution in [0.15, 0.2) is 72.9 Å². The molecule has 0 fully saturated rings. The molecule has 0 rings (SSSR count). The third kappa shape index (κ3) is 32.7. The minimum Gasteiger partial charge on any atom is -0.544 e. The molecular formula is C44H73NO7. The highest BCUT2D eigenvalue weighted by molar-refractivity contribution is 5.70. The molecule has 0 heterocycles. The first-order chi connectivity index (χ1) is 25.1. The number of hydrogen-bond donors (Lipinski definition) is 0. The van der Waals surface area contributed by atoms with Gasteiger partial charge in [-0.15, -0.1) is 0 Å². The van der Waals surface area contributed by atoms with Crippen molar-refractivity contribution in [1.29, 1.82) is 0 Å². The van der Waals surface area contributed by atoms with Crippen molar-refractivity contribution in [3.63, 3.8) is 0 Å². The van der Waals surface area contributed by atoms with Crippen molar-refractivity contribution in [2.24, 2.45) is 0 Å². The van der Waals surface area contributed by atoms with Crippen LogP contribution in [0, 0.1) is 0 Å². The van der Waals surface area contributed by atoms with E-state index in [1.165, 1.54) is 25.7 Å². The normalized spacial score (nSPS) is 13.8. The molecule has 0 aliphatic heterocycles. The summed E-state index contributed by atoms with van der Waals surface area (Å²) in [6, 6.07) is -0.737. The van der Waals surface area contributed by atoms with Gasteiger partial charge in [0.05, 0.1) is 40.3 Å². The lowest BCUT2D eigenvalue weighted by Gasteiger charge is -2.34. The highest BCUT2D eigenvalue weighted by Gasteiger charge is 2.25. The highest BCUT2D eigenvalue weighted by Crippen LogP contribution is 2.11. The van der Waals surface area contributed by atoms with Crippen LogP contribution in [0.3, 0.4) is 0 Å². The van der Waals surface area contributed by atoms with Crippen LogP contribution >= 0.6 is 0 Å². The molecule has 0 spiro atoms. The van der Waals surface area contributed by atoms with Crippen molar-refractivity contribution in [2.75, 3.05) is 41.0 Å². The number of quaternary nitrogens is 1. The summed E-state index contributed by atoms with van der Waals surface area (Å²) in [5.74, 6) is -1.84. The third-order valence-corrected chi connectivity index (χ3v) is 8.33. The van der Waals surface area contributed by atoms with Gasteiger partial charge < -0.3 is 28.6 Å². The monoisotopic (exact) mass is 728 g/mol. The largest absolute Gasteiger partial charge is 0.544 e. The molecule has 296 valence electrons. The summed E-state index contributed by atoms with van der Waals surface area (Å²) in [6.45, 7) is 4.41. The zero-order valence-electron chi connectivity index (χ0n) is 33.4. The van der Waals surface area contributed by atoms with Gasteiger partial charge in [0.25, 0.3) is 0 Å². The summed E-state index contributed by atoms with van der Waals surface area (Å²) in [5.41, 5.74) is 0. The van der Waals surface area contributed by atoms with E-state index in [0.29, 0.717) is 12.8 Å². The highest BCUT2D eigenvalue weighted by atomic mass is 16.6. The third-order valence-electron chi connectivity index (χ3n) is 8.33. The van der Waals surface area contributed by atoms with Gasteiger partial charge in [-0.05, 0) is 77.0 Å². The van der Waals surface area contributed by atoms with Gasteiger partial charge in [0, 0.05) is 19.3 Å². The second kappa shape index (κ2) is 34.8. The van der Waals surface area contributed by atoms with Gasteiger partial charge in [-0.2, -0.15) is 0 Å². The predicted octanol–water partition coefficient (Wildman–Crippen LogP) is 9.07. The number of carbonyl (C=O) groups is 3. The van der Waals surface area contributed by atoms with Crippen LogP contribution in [0.25, 0.3) is 0 Å². The van der Waals surface area contributed by atoms with Crippen LogP contribution in [-0.4, -0.2) is 75.5 Å². The number of carboxylic acids is 1. The molecule has 0 amide bonds. The molecule has 52 heavy (non-hydrogen) atoms. The number of esters is 2. The van der Waals surface area contributed by atoms with Crippen molar-refractivity contribution in [3.05, 3.63) is 72.9 Å². The maximum atomic E-state index is 12.7. The van der Waals surface area contributed by atoms with E-state index >= 15 is 0 Å². The Balaban J connectivity index is 4.47. The van der Waals surface area contributed by atoms with Crippen molar-refractivity contribution < 1.29 is 38.2 Å². The van der Waals surface area contributed by atoms with Crippen LogP contribution in [0.4, 0.5) is 0 Å². The Bertz CT molecular complexity index is 1080. The number of allylic oxidation sites excluding steroid dienone is 12. The van der Waals surface area contributed by atoms with E-state index in [-0.39, 0.29) is 55.5 Å². The van der Waals surface area contributed by atoms with Crippen LogP contribution in [0.1, 0.15) is 136 Å². The number of aliphatic carboxylic acids is 1. The fourth-order valence-electron chi connectivity index (χ4n) is 5.22. The molecule has 0 aliphatic rings. The smallest absolute Gasteiger partial charge is 0.306 e. The molecule has 2 unspecified atom stereocenters. The Morgan fingerprint density at radius 3 is 1.63 bits per heavy atom. The van der Waals surface area contributed by atoms with E-state index in [9.17, 15) is 19.5 Å². The zero-order valence-corrected chi connectivity index (χ0v) is 33.4. The molecule has 0 aliphatic carbocycles. The van der Waals surface area contributed by atoms with Gasteiger partial charge in [0.1, 0.15) is 12.6 Å². The minimum absolute atomic E-state index is 0.0147. The topological polar surface area (TPSA) is 102 Å². The van der Waals surface area contributed by atoms with Crippen LogP contribution in [-0.2, 0) is 28.6 Å². The van der Waals surface area contributed by atoms with E-state index in [1.54, 1.807) is 21.1 Å².